The van der Waals surface area contributed by atoms with Crippen LogP contribution in [0.5, 0.6) is 0 Å². The lowest BCUT2D eigenvalue weighted by Crippen LogP contribution is -2.50. The molecule has 0 saturated carbocycles. The zero-order valence-corrected chi connectivity index (χ0v) is 12.6. The lowest BCUT2D eigenvalue weighted by Gasteiger charge is -2.36. The van der Waals surface area contributed by atoms with Gasteiger partial charge in [-0.05, 0) is 44.7 Å². The smallest absolute Gasteiger partial charge is 0.246 e. The van der Waals surface area contributed by atoms with Crippen molar-refractivity contribution in [1.29, 1.82) is 0 Å². The van der Waals surface area contributed by atoms with Crippen molar-refractivity contribution in [2.75, 3.05) is 19.6 Å². The predicted octanol–water partition coefficient (Wildman–Crippen LogP) is -0.295. The van der Waals surface area contributed by atoms with E-state index in [9.17, 15) is 14.7 Å². The van der Waals surface area contributed by atoms with Crippen LogP contribution in [0.1, 0.15) is 33.6 Å². The Kier molecular flexibility index (Phi) is 6.42. The molecule has 0 aromatic heterocycles. The van der Waals surface area contributed by atoms with Crippen LogP contribution in [0, 0.1) is 11.8 Å². The Labute approximate surface area is 120 Å². The summed E-state index contributed by atoms with van der Waals surface area (Å²) in [5.41, 5.74) is 5.11. The van der Waals surface area contributed by atoms with Gasteiger partial charge in [-0.15, -0.1) is 0 Å². The maximum absolute atomic E-state index is 12.0. The van der Waals surface area contributed by atoms with E-state index >= 15 is 0 Å². The molecule has 0 aromatic rings. The fourth-order valence-electron chi connectivity index (χ4n) is 2.47. The standard InChI is InChI=1S/C14H27N3O3/c1-9(2)8-16-14(20)10(3)17-6-4-11(5-7-17)12(18)13(15)19/h9-12,18H,4-8H2,1-3H3,(H2,15,19)(H,16,20)/t10-,12-/m1/s1. The Hall–Kier alpha value is -1.14. The molecule has 0 aliphatic carbocycles. The maximum atomic E-state index is 12.0. The number of aliphatic hydroxyl groups is 1. The van der Waals surface area contributed by atoms with Gasteiger partial charge in [0, 0.05) is 6.54 Å². The molecular weight excluding hydrogens is 258 g/mol. The van der Waals surface area contributed by atoms with Crippen molar-refractivity contribution in [3.63, 3.8) is 0 Å². The summed E-state index contributed by atoms with van der Waals surface area (Å²) in [6.07, 6.45) is 0.305. The first-order valence-electron chi connectivity index (χ1n) is 7.32. The van der Waals surface area contributed by atoms with Crippen LogP contribution in [-0.4, -0.2) is 53.6 Å². The summed E-state index contributed by atoms with van der Waals surface area (Å²) in [7, 11) is 0. The van der Waals surface area contributed by atoms with Crippen LogP contribution in [0.15, 0.2) is 0 Å². The molecule has 6 nitrogen and oxygen atoms in total. The van der Waals surface area contributed by atoms with Crippen LogP contribution in [0.25, 0.3) is 0 Å². The number of carbonyl (C=O) groups excluding carboxylic acids is 2. The van der Waals surface area contributed by atoms with Gasteiger partial charge in [0.1, 0.15) is 6.10 Å². The van der Waals surface area contributed by atoms with Gasteiger partial charge in [-0.3, -0.25) is 14.5 Å². The second-order valence-corrected chi connectivity index (χ2v) is 6.04. The first kappa shape index (κ1) is 16.9. The Morgan fingerprint density at radius 2 is 1.85 bits per heavy atom. The third-order valence-electron chi connectivity index (χ3n) is 3.92. The molecule has 1 aliphatic rings. The first-order chi connectivity index (χ1) is 9.32. The van der Waals surface area contributed by atoms with E-state index in [2.05, 4.69) is 24.1 Å². The third-order valence-corrected chi connectivity index (χ3v) is 3.92. The summed E-state index contributed by atoms with van der Waals surface area (Å²) in [5, 5.41) is 12.6. The van der Waals surface area contributed by atoms with Crippen molar-refractivity contribution in [3.8, 4) is 0 Å². The highest BCUT2D eigenvalue weighted by Gasteiger charge is 2.31. The van der Waals surface area contributed by atoms with Crippen molar-refractivity contribution in [1.82, 2.24) is 10.2 Å². The summed E-state index contributed by atoms with van der Waals surface area (Å²) in [6, 6.07) is -0.180. The number of hydrogen-bond acceptors (Lipinski definition) is 4. The van der Waals surface area contributed by atoms with Crippen molar-refractivity contribution >= 4 is 11.8 Å². The second-order valence-electron chi connectivity index (χ2n) is 6.04. The van der Waals surface area contributed by atoms with E-state index in [4.69, 9.17) is 5.73 Å². The highest BCUT2D eigenvalue weighted by atomic mass is 16.3. The molecule has 0 bridgehead atoms. The fourth-order valence-corrected chi connectivity index (χ4v) is 2.47. The molecular formula is C14H27N3O3. The highest BCUT2D eigenvalue weighted by Crippen LogP contribution is 2.22. The molecule has 1 fully saturated rings. The minimum atomic E-state index is -1.07. The quantitative estimate of drug-likeness (QED) is 0.624. The molecule has 0 radical (unpaired) electrons. The molecule has 2 atom stereocenters. The van der Waals surface area contributed by atoms with E-state index in [1.807, 2.05) is 6.92 Å². The van der Waals surface area contributed by atoms with Crippen LogP contribution in [-0.2, 0) is 9.59 Å². The number of amides is 2. The summed E-state index contributed by atoms with van der Waals surface area (Å²) in [5.74, 6) is -0.281. The van der Waals surface area contributed by atoms with Gasteiger partial charge < -0.3 is 16.2 Å². The molecule has 0 spiro atoms. The van der Waals surface area contributed by atoms with E-state index in [0.717, 1.165) is 0 Å². The van der Waals surface area contributed by atoms with Crippen molar-refractivity contribution in [2.45, 2.75) is 45.8 Å². The molecule has 1 rings (SSSR count). The van der Waals surface area contributed by atoms with Crippen LogP contribution >= 0.6 is 0 Å². The number of rotatable bonds is 6. The number of piperidine rings is 1. The highest BCUT2D eigenvalue weighted by molar-refractivity contribution is 5.81. The van der Waals surface area contributed by atoms with E-state index < -0.39 is 12.0 Å². The number of nitrogens with two attached hydrogens (primary N) is 1. The molecule has 0 aromatic carbocycles. The molecule has 2 amide bonds. The minimum absolute atomic E-state index is 0.0348. The minimum Gasteiger partial charge on any atom is -0.383 e. The van der Waals surface area contributed by atoms with Crippen LogP contribution < -0.4 is 11.1 Å². The van der Waals surface area contributed by atoms with Crippen molar-refractivity contribution in [2.24, 2.45) is 17.6 Å². The number of carbonyl (C=O) groups is 2. The Bertz CT molecular complexity index is 339. The normalized spacial score (nSPS) is 20.6. The van der Waals surface area contributed by atoms with Gasteiger partial charge in [0.2, 0.25) is 11.8 Å². The number of hydrogen-bond donors (Lipinski definition) is 3. The molecule has 6 heteroatoms. The average Bonchev–Trinajstić information content (AvgIpc) is 2.43. The Balaban J connectivity index is 2.40. The summed E-state index contributed by atoms with van der Waals surface area (Å²) in [4.78, 5) is 25.0. The fraction of sp³-hybridized carbons (Fsp3) is 0.857. The van der Waals surface area contributed by atoms with Gasteiger partial charge in [-0.25, -0.2) is 0 Å². The summed E-state index contributed by atoms with van der Waals surface area (Å²) < 4.78 is 0. The van der Waals surface area contributed by atoms with Crippen molar-refractivity contribution < 1.29 is 14.7 Å². The molecule has 1 saturated heterocycles. The number of likely N-dealkylation sites (tertiary alicyclic amines) is 1. The third kappa shape index (κ3) is 4.76. The molecule has 1 heterocycles. The summed E-state index contributed by atoms with van der Waals surface area (Å²) >= 11 is 0. The SMILES string of the molecule is CC(C)CNC(=O)[C@@H](C)N1CCC([C@@H](O)C(N)=O)CC1. The van der Waals surface area contributed by atoms with E-state index in [1.165, 1.54) is 0 Å². The molecule has 116 valence electrons. The van der Waals surface area contributed by atoms with E-state index in [0.29, 0.717) is 38.4 Å². The van der Waals surface area contributed by atoms with E-state index in [-0.39, 0.29) is 17.9 Å². The summed E-state index contributed by atoms with van der Waals surface area (Å²) in [6.45, 7) is 8.08. The van der Waals surface area contributed by atoms with E-state index in [1.54, 1.807) is 0 Å². The number of aliphatic hydroxyl groups excluding tert-OH is 1. The molecule has 0 unspecified atom stereocenters. The van der Waals surface area contributed by atoms with Crippen molar-refractivity contribution in [3.05, 3.63) is 0 Å². The molecule has 20 heavy (non-hydrogen) atoms. The predicted molar refractivity (Wildman–Crippen MR) is 76.8 cm³/mol. The first-order valence-corrected chi connectivity index (χ1v) is 7.32. The molecule has 1 aliphatic heterocycles. The maximum Gasteiger partial charge on any atom is 0.246 e. The van der Waals surface area contributed by atoms with Crippen LogP contribution in [0.4, 0.5) is 0 Å². The zero-order chi connectivity index (χ0) is 15.3. The Morgan fingerprint density at radius 1 is 1.30 bits per heavy atom. The lowest BCUT2D eigenvalue weighted by atomic mass is 9.90. The van der Waals surface area contributed by atoms with Crippen LogP contribution in [0.2, 0.25) is 0 Å². The van der Waals surface area contributed by atoms with Gasteiger partial charge in [0.25, 0.3) is 0 Å². The van der Waals surface area contributed by atoms with Gasteiger partial charge in [-0.1, -0.05) is 13.8 Å². The van der Waals surface area contributed by atoms with Gasteiger partial charge in [0.05, 0.1) is 6.04 Å². The van der Waals surface area contributed by atoms with Gasteiger partial charge >= 0.3 is 0 Å². The Morgan fingerprint density at radius 3 is 2.30 bits per heavy atom. The number of nitrogens with zero attached hydrogens (tertiary/aromatic N) is 1. The monoisotopic (exact) mass is 285 g/mol. The number of nitrogens with one attached hydrogen (secondary N) is 1. The topological polar surface area (TPSA) is 95.7 Å². The second kappa shape index (κ2) is 7.59. The largest absolute Gasteiger partial charge is 0.383 e. The average molecular weight is 285 g/mol. The van der Waals surface area contributed by atoms with Crippen LogP contribution in [0.3, 0.4) is 0 Å². The zero-order valence-electron chi connectivity index (χ0n) is 12.6. The molecule has 4 N–H and O–H groups in total. The lowest BCUT2D eigenvalue weighted by molar-refractivity contribution is -0.131. The van der Waals surface area contributed by atoms with Gasteiger partial charge in [-0.2, -0.15) is 0 Å². The number of primary amides is 1. The van der Waals surface area contributed by atoms with Gasteiger partial charge in [0.15, 0.2) is 0 Å².